The number of hydrogen-bond donors (Lipinski definition) is 0. The topological polar surface area (TPSA) is 86.7 Å². The van der Waals surface area contributed by atoms with Crippen LogP contribution in [-0.4, -0.2) is 62.8 Å². The quantitative estimate of drug-likeness (QED) is 0.165. The van der Waals surface area contributed by atoms with Crippen LogP contribution in [0.2, 0.25) is 0 Å². The van der Waals surface area contributed by atoms with E-state index in [0.717, 1.165) is 24.9 Å². The highest BCUT2D eigenvalue weighted by Crippen LogP contribution is 2.38. The maximum Gasteiger partial charge on any atom is 0.256 e. The normalized spacial score (nSPS) is 15.8. The molecule has 0 bridgehead atoms. The summed E-state index contributed by atoms with van der Waals surface area (Å²) in [5, 5.41) is 0. The van der Waals surface area contributed by atoms with E-state index >= 15 is 0 Å². The highest BCUT2D eigenvalue weighted by atomic mass is 19.1. The molecule has 0 saturated carbocycles. The van der Waals surface area contributed by atoms with Crippen LogP contribution in [0.25, 0.3) is 6.08 Å². The Morgan fingerprint density at radius 3 is 2.46 bits per heavy atom. The average molecular weight is 559 g/mol. The first kappa shape index (κ1) is 27.9. The predicted molar refractivity (Wildman–Crippen MR) is 154 cm³/mol. The second kappa shape index (κ2) is 12.7. The van der Waals surface area contributed by atoms with E-state index in [1.54, 1.807) is 44.6 Å². The molecule has 0 aliphatic carbocycles. The zero-order chi connectivity index (χ0) is 28.8. The minimum atomic E-state index is -0.390. The molecule has 3 aromatic carbocycles. The Morgan fingerprint density at radius 1 is 0.976 bits per heavy atom. The molecular formula is C32H31FN2O6. The van der Waals surface area contributed by atoms with Crippen molar-refractivity contribution in [3.63, 3.8) is 0 Å². The van der Waals surface area contributed by atoms with Gasteiger partial charge in [0.2, 0.25) is 0 Å². The first-order chi connectivity index (χ1) is 20.0. The Hall–Kier alpha value is -4.66. The van der Waals surface area contributed by atoms with E-state index in [4.69, 9.17) is 18.9 Å². The van der Waals surface area contributed by atoms with Crippen molar-refractivity contribution in [2.75, 3.05) is 34.0 Å². The lowest BCUT2D eigenvalue weighted by Crippen LogP contribution is -2.35. The van der Waals surface area contributed by atoms with Gasteiger partial charge >= 0.3 is 0 Å². The van der Waals surface area contributed by atoms with Crippen LogP contribution in [0.15, 0.2) is 65.7 Å². The van der Waals surface area contributed by atoms with Crippen LogP contribution < -0.4 is 18.9 Å². The lowest BCUT2D eigenvalue weighted by atomic mass is 10.1. The van der Waals surface area contributed by atoms with E-state index in [9.17, 15) is 14.0 Å². The van der Waals surface area contributed by atoms with Gasteiger partial charge in [-0.25, -0.2) is 4.39 Å². The lowest BCUT2D eigenvalue weighted by molar-refractivity contribution is 0.0774. The molecular weight excluding hydrogens is 527 g/mol. The number of nitrogens with zero attached hydrogens (tertiary/aromatic N) is 2. The van der Waals surface area contributed by atoms with Crippen molar-refractivity contribution in [2.24, 2.45) is 4.99 Å². The summed E-state index contributed by atoms with van der Waals surface area (Å²) >= 11 is 0. The summed E-state index contributed by atoms with van der Waals surface area (Å²) in [6.07, 6.45) is 7.42. The molecule has 0 aromatic heterocycles. The van der Waals surface area contributed by atoms with Crippen LogP contribution in [0.4, 0.5) is 10.1 Å². The van der Waals surface area contributed by atoms with Crippen molar-refractivity contribution in [1.82, 2.24) is 4.90 Å². The van der Waals surface area contributed by atoms with E-state index in [1.807, 2.05) is 17.2 Å². The zero-order valence-corrected chi connectivity index (χ0v) is 23.0. The molecule has 8 nitrogen and oxygen atoms in total. The van der Waals surface area contributed by atoms with Gasteiger partial charge in [0.05, 0.1) is 44.7 Å². The van der Waals surface area contributed by atoms with E-state index in [1.165, 1.54) is 30.3 Å². The third-order valence-corrected chi connectivity index (χ3v) is 7.01. The SMILES string of the molecule is COc1cc(/C=C/C(=O)c2ccc(F)cc2)ccc1OCCCOc1cc2c(cc1OC)C(=O)N1CCCC1C=N2. The third kappa shape index (κ3) is 6.40. The fraction of sp³-hybridized carbons (Fsp3) is 0.281. The predicted octanol–water partition coefficient (Wildman–Crippen LogP) is 5.91. The zero-order valence-electron chi connectivity index (χ0n) is 23.0. The number of ketones is 1. The number of aliphatic imine (C=N–C) groups is 1. The maximum atomic E-state index is 13.1. The largest absolute Gasteiger partial charge is 0.493 e. The van der Waals surface area contributed by atoms with Crippen LogP contribution in [0.5, 0.6) is 23.0 Å². The molecule has 1 amide bonds. The summed E-state index contributed by atoms with van der Waals surface area (Å²) in [5.74, 6) is 1.43. The second-order valence-electron chi connectivity index (χ2n) is 9.67. The number of halogens is 1. The molecule has 2 heterocycles. The number of rotatable bonds is 11. The highest BCUT2D eigenvalue weighted by molar-refractivity contribution is 6.06. The molecule has 0 spiro atoms. The van der Waals surface area contributed by atoms with Crippen LogP contribution in [-0.2, 0) is 0 Å². The Balaban J connectivity index is 1.16. The maximum absolute atomic E-state index is 13.1. The molecule has 9 heteroatoms. The molecule has 1 fully saturated rings. The standard InChI is InChI=1S/C32H31FN2O6/c1-38-29-17-21(6-12-27(36)22-8-10-23(33)11-9-22)7-13-28(29)40-15-4-16-41-31-19-26-25(18-30(31)39-2)32(37)35-14-3-5-24(35)20-34-26/h6-13,17-20,24H,3-5,14-16H2,1-2H3/b12-6+. The van der Waals surface area contributed by atoms with Gasteiger partial charge in [-0.3, -0.25) is 14.6 Å². The molecule has 3 aromatic rings. The van der Waals surface area contributed by atoms with Gasteiger partial charge in [0.15, 0.2) is 28.8 Å². The molecule has 212 valence electrons. The van der Waals surface area contributed by atoms with Gasteiger partial charge in [-0.1, -0.05) is 12.1 Å². The summed E-state index contributed by atoms with van der Waals surface area (Å²) in [4.78, 5) is 31.8. The second-order valence-corrected chi connectivity index (χ2v) is 9.67. The number of fused-ring (bicyclic) bond motifs is 2. The number of amides is 1. The fourth-order valence-corrected chi connectivity index (χ4v) is 4.83. The summed E-state index contributed by atoms with van der Waals surface area (Å²) in [7, 11) is 3.09. The summed E-state index contributed by atoms with van der Waals surface area (Å²) in [6, 6.07) is 14.3. The number of allylic oxidation sites excluding steroid dienone is 1. The third-order valence-electron chi connectivity index (χ3n) is 7.01. The first-order valence-electron chi connectivity index (χ1n) is 13.5. The fourth-order valence-electron chi connectivity index (χ4n) is 4.83. The van der Waals surface area contributed by atoms with Gasteiger partial charge in [-0.2, -0.15) is 0 Å². The molecule has 2 aliphatic heterocycles. The molecule has 1 atom stereocenters. The molecule has 1 saturated heterocycles. The van der Waals surface area contributed by atoms with Crippen molar-refractivity contribution in [1.29, 1.82) is 0 Å². The first-order valence-corrected chi connectivity index (χ1v) is 13.5. The van der Waals surface area contributed by atoms with Gasteiger partial charge < -0.3 is 23.8 Å². The Kier molecular flexibility index (Phi) is 8.62. The number of methoxy groups -OCH3 is 2. The Bertz CT molecular complexity index is 1480. The van der Waals surface area contributed by atoms with E-state index in [0.29, 0.717) is 59.4 Å². The number of carbonyl (C=O) groups is 2. The van der Waals surface area contributed by atoms with Crippen molar-refractivity contribution in [3.05, 3.63) is 83.2 Å². The van der Waals surface area contributed by atoms with E-state index < -0.39 is 5.82 Å². The average Bonchev–Trinajstić information content (AvgIpc) is 3.43. The van der Waals surface area contributed by atoms with Crippen LogP contribution in [0.3, 0.4) is 0 Å². The number of hydrogen-bond acceptors (Lipinski definition) is 7. The van der Waals surface area contributed by atoms with E-state index in [2.05, 4.69) is 4.99 Å². The lowest BCUT2D eigenvalue weighted by Gasteiger charge is -2.20. The number of carbonyl (C=O) groups excluding carboxylic acids is 2. The van der Waals surface area contributed by atoms with Gasteiger partial charge in [0, 0.05) is 30.8 Å². The molecule has 41 heavy (non-hydrogen) atoms. The van der Waals surface area contributed by atoms with Crippen LogP contribution in [0.1, 0.15) is 45.5 Å². The molecule has 5 rings (SSSR count). The van der Waals surface area contributed by atoms with Gasteiger partial charge in [-0.15, -0.1) is 0 Å². The molecule has 2 aliphatic rings. The van der Waals surface area contributed by atoms with Crippen LogP contribution in [0, 0.1) is 5.82 Å². The van der Waals surface area contributed by atoms with Crippen molar-refractivity contribution in [2.45, 2.75) is 25.3 Å². The Labute approximate surface area is 238 Å². The summed E-state index contributed by atoms with van der Waals surface area (Å²) in [6.45, 7) is 1.46. The summed E-state index contributed by atoms with van der Waals surface area (Å²) in [5.41, 5.74) is 2.25. The summed E-state index contributed by atoms with van der Waals surface area (Å²) < 4.78 is 36.0. The molecule has 1 unspecified atom stereocenters. The van der Waals surface area contributed by atoms with Crippen LogP contribution >= 0.6 is 0 Å². The number of benzene rings is 3. The molecule has 0 radical (unpaired) electrons. The minimum absolute atomic E-state index is 0.0341. The van der Waals surface area contributed by atoms with Gasteiger partial charge in [0.25, 0.3) is 5.91 Å². The molecule has 0 N–H and O–H groups in total. The van der Waals surface area contributed by atoms with Gasteiger partial charge in [-0.05, 0) is 66.9 Å². The number of ether oxygens (including phenoxy) is 4. The highest BCUT2D eigenvalue weighted by Gasteiger charge is 2.32. The Morgan fingerprint density at radius 2 is 1.71 bits per heavy atom. The smallest absolute Gasteiger partial charge is 0.256 e. The monoisotopic (exact) mass is 558 g/mol. The van der Waals surface area contributed by atoms with Crippen molar-refractivity contribution in [3.8, 4) is 23.0 Å². The minimum Gasteiger partial charge on any atom is -0.493 e. The van der Waals surface area contributed by atoms with Gasteiger partial charge in [0.1, 0.15) is 5.82 Å². The van der Waals surface area contributed by atoms with E-state index in [-0.39, 0.29) is 17.7 Å². The van der Waals surface area contributed by atoms with Crippen molar-refractivity contribution >= 4 is 29.7 Å². The van der Waals surface area contributed by atoms with Crippen molar-refractivity contribution < 1.29 is 32.9 Å².